The van der Waals surface area contributed by atoms with Gasteiger partial charge in [-0.05, 0) is 13.3 Å². The molecule has 0 bridgehead atoms. The summed E-state index contributed by atoms with van der Waals surface area (Å²) >= 11 is 0. The molecular formula is C7H13NO4. The van der Waals surface area contributed by atoms with Crippen LogP contribution in [0, 0.1) is 0 Å². The number of esters is 1. The third-order valence-electron chi connectivity index (χ3n) is 1.22. The minimum Gasteiger partial charge on any atom is -0.464 e. The summed E-state index contributed by atoms with van der Waals surface area (Å²) in [7, 11) is 0. The second-order valence-electron chi connectivity index (χ2n) is 2.27. The molecule has 3 N–H and O–H groups in total. The van der Waals surface area contributed by atoms with Crippen LogP contribution >= 0.6 is 0 Å². The summed E-state index contributed by atoms with van der Waals surface area (Å²) in [5, 5.41) is 9.02. The Morgan fingerprint density at radius 3 is 2.58 bits per heavy atom. The van der Waals surface area contributed by atoms with Crippen molar-refractivity contribution in [3.63, 3.8) is 0 Å². The molecule has 12 heavy (non-hydrogen) atoms. The molecule has 0 aromatic heterocycles. The number of carbonyl (C=O) groups is 2. The van der Waals surface area contributed by atoms with Gasteiger partial charge in [-0.25, -0.2) is 4.79 Å². The Morgan fingerprint density at radius 2 is 2.17 bits per heavy atom. The number of amides is 1. The van der Waals surface area contributed by atoms with Gasteiger partial charge in [0.1, 0.15) is 0 Å². The molecule has 0 saturated heterocycles. The van der Waals surface area contributed by atoms with Gasteiger partial charge in [0.05, 0.1) is 6.61 Å². The predicted octanol–water partition coefficient (Wildman–Crippen LogP) is -0.824. The molecule has 5 heteroatoms. The highest BCUT2D eigenvalue weighted by Crippen LogP contribution is 1.98. The molecule has 0 rings (SSSR count). The minimum atomic E-state index is -1.24. The fourth-order valence-corrected chi connectivity index (χ4v) is 0.635. The highest BCUT2D eigenvalue weighted by atomic mass is 16.5. The summed E-state index contributed by atoms with van der Waals surface area (Å²) in [4.78, 5) is 21.0. The van der Waals surface area contributed by atoms with Gasteiger partial charge >= 0.3 is 5.97 Å². The van der Waals surface area contributed by atoms with Crippen molar-refractivity contribution in [2.24, 2.45) is 5.73 Å². The Bertz CT molecular complexity index is 169. The van der Waals surface area contributed by atoms with Crippen molar-refractivity contribution in [2.45, 2.75) is 25.9 Å². The molecule has 0 aliphatic heterocycles. The molecule has 0 fully saturated rings. The van der Waals surface area contributed by atoms with Crippen LogP contribution in [-0.4, -0.2) is 29.7 Å². The van der Waals surface area contributed by atoms with Crippen LogP contribution in [0.1, 0.15) is 19.8 Å². The maximum Gasteiger partial charge on any atom is 0.334 e. The number of carbonyl (C=O) groups excluding carboxylic acids is 2. The molecule has 0 heterocycles. The lowest BCUT2D eigenvalue weighted by atomic mass is 10.2. The van der Waals surface area contributed by atoms with Gasteiger partial charge in [0.2, 0.25) is 5.91 Å². The third kappa shape index (κ3) is 4.68. The van der Waals surface area contributed by atoms with E-state index in [2.05, 4.69) is 4.74 Å². The summed E-state index contributed by atoms with van der Waals surface area (Å²) in [5.74, 6) is -1.25. The number of hydrogen-bond donors (Lipinski definition) is 2. The van der Waals surface area contributed by atoms with E-state index in [1.165, 1.54) is 0 Å². The van der Waals surface area contributed by atoms with Gasteiger partial charge in [-0.1, -0.05) is 0 Å². The average Bonchev–Trinajstić information content (AvgIpc) is 2.00. The van der Waals surface area contributed by atoms with Crippen LogP contribution in [0.3, 0.4) is 0 Å². The smallest absolute Gasteiger partial charge is 0.334 e. The molecule has 0 aromatic rings. The van der Waals surface area contributed by atoms with Crippen molar-refractivity contribution >= 4 is 11.9 Å². The maximum atomic E-state index is 10.7. The van der Waals surface area contributed by atoms with Crippen molar-refractivity contribution in [2.75, 3.05) is 6.61 Å². The molecular weight excluding hydrogens is 162 g/mol. The van der Waals surface area contributed by atoms with Gasteiger partial charge in [0.15, 0.2) is 6.10 Å². The largest absolute Gasteiger partial charge is 0.464 e. The fourth-order valence-electron chi connectivity index (χ4n) is 0.635. The lowest BCUT2D eigenvalue weighted by molar-refractivity contribution is -0.153. The summed E-state index contributed by atoms with van der Waals surface area (Å²) < 4.78 is 4.49. The molecule has 0 radical (unpaired) electrons. The van der Waals surface area contributed by atoms with E-state index in [4.69, 9.17) is 10.8 Å². The van der Waals surface area contributed by atoms with Crippen molar-refractivity contribution < 1.29 is 19.4 Å². The molecule has 70 valence electrons. The Labute approximate surface area is 70.5 Å². The molecule has 1 unspecified atom stereocenters. The first-order chi connectivity index (χ1) is 5.57. The second-order valence-corrected chi connectivity index (χ2v) is 2.27. The van der Waals surface area contributed by atoms with E-state index < -0.39 is 18.0 Å². The zero-order valence-corrected chi connectivity index (χ0v) is 6.95. The van der Waals surface area contributed by atoms with Gasteiger partial charge in [-0.3, -0.25) is 4.79 Å². The van der Waals surface area contributed by atoms with Crippen LogP contribution in [-0.2, 0) is 14.3 Å². The quantitative estimate of drug-likeness (QED) is 0.534. The van der Waals surface area contributed by atoms with Gasteiger partial charge in [-0.15, -0.1) is 0 Å². The zero-order chi connectivity index (χ0) is 9.56. The van der Waals surface area contributed by atoms with Gasteiger partial charge in [0, 0.05) is 6.42 Å². The second kappa shape index (κ2) is 5.54. The van der Waals surface area contributed by atoms with E-state index in [-0.39, 0.29) is 19.4 Å². The summed E-state index contributed by atoms with van der Waals surface area (Å²) in [6.07, 6.45) is -1.23. The maximum absolute atomic E-state index is 10.7. The van der Waals surface area contributed by atoms with E-state index in [9.17, 15) is 9.59 Å². The number of primary amides is 1. The van der Waals surface area contributed by atoms with Gasteiger partial charge in [0.25, 0.3) is 0 Å². The van der Waals surface area contributed by atoms with Gasteiger partial charge < -0.3 is 15.6 Å². The Morgan fingerprint density at radius 1 is 1.58 bits per heavy atom. The lowest BCUT2D eigenvalue weighted by Crippen LogP contribution is -2.25. The van der Waals surface area contributed by atoms with Crippen molar-refractivity contribution in [3.05, 3.63) is 0 Å². The van der Waals surface area contributed by atoms with Crippen LogP contribution in [0.5, 0.6) is 0 Å². The van der Waals surface area contributed by atoms with Crippen LogP contribution in [0.25, 0.3) is 0 Å². The number of hydrogen-bond acceptors (Lipinski definition) is 4. The van der Waals surface area contributed by atoms with E-state index in [0.717, 1.165) is 0 Å². The summed E-state index contributed by atoms with van der Waals surface area (Å²) in [5.41, 5.74) is 4.81. The first-order valence-corrected chi connectivity index (χ1v) is 3.71. The predicted molar refractivity (Wildman–Crippen MR) is 41.1 cm³/mol. The monoisotopic (exact) mass is 175 g/mol. The molecule has 0 saturated carbocycles. The lowest BCUT2D eigenvalue weighted by Gasteiger charge is -2.07. The molecule has 0 spiro atoms. The molecule has 5 nitrogen and oxygen atoms in total. The Kier molecular flexibility index (Phi) is 5.03. The van der Waals surface area contributed by atoms with Gasteiger partial charge in [-0.2, -0.15) is 0 Å². The number of aliphatic hydroxyl groups is 1. The van der Waals surface area contributed by atoms with E-state index in [0.29, 0.717) is 0 Å². The van der Waals surface area contributed by atoms with Crippen LogP contribution < -0.4 is 5.73 Å². The first-order valence-electron chi connectivity index (χ1n) is 3.71. The van der Waals surface area contributed by atoms with Crippen LogP contribution in [0.4, 0.5) is 0 Å². The average molecular weight is 175 g/mol. The third-order valence-corrected chi connectivity index (χ3v) is 1.22. The topological polar surface area (TPSA) is 89.6 Å². The summed E-state index contributed by atoms with van der Waals surface area (Å²) in [6, 6.07) is 0. The molecule has 0 aliphatic rings. The standard InChI is InChI=1S/C7H13NO4/c1-2-12-7(11)5(9)3-4-6(8)10/h5,9H,2-4H2,1H3,(H2,8,10). The van der Waals surface area contributed by atoms with E-state index in [1.807, 2.05) is 0 Å². The number of rotatable bonds is 5. The number of aliphatic hydroxyl groups excluding tert-OH is 1. The van der Waals surface area contributed by atoms with E-state index >= 15 is 0 Å². The minimum absolute atomic E-state index is 0.0139. The Hall–Kier alpha value is -1.10. The SMILES string of the molecule is CCOC(=O)C(O)CCC(N)=O. The highest BCUT2D eigenvalue weighted by molar-refractivity contribution is 5.77. The zero-order valence-electron chi connectivity index (χ0n) is 6.95. The highest BCUT2D eigenvalue weighted by Gasteiger charge is 2.16. The van der Waals surface area contributed by atoms with Crippen LogP contribution in [0.2, 0.25) is 0 Å². The normalized spacial score (nSPS) is 12.2. The molecule has 1 amide bonds. The number of ether oxygens (including phenoxy) is 1. The molecule has 0 aliphatic carbocycles. The van der Waals surface area contributed by atoms with Crippen molar-refractivity contribution in [3.8, 4) is 0 Å². The van der Waals surface area contributed by atoms with Crippen molar-refractivity contribution in [1.82, 2.24) is 0 Å². The van der Waals surface area contributed by atoms with E-state index in [1.54, 1.807) is 6.92 Å². The Balaban J connectivity index is 3.63. The fraction of sp³-hybridized carbons (Fsp3) is 0.714. The van der Waals surface area contributed by atoms with Crippen LogP contribution in [0.15, 0.2) is 0 Å². The van der Waals surface area contributed by atoms with Crippen molar-refractivity contribution in [1.29, 1.82) is 0 Å². The number of nitrogens with two attached hydrogens (primary N) is 1. The summed E-state index contributed by atoms with van der Waals surface area (Å²) in [6.45, 7) is 1.85. The first kappa shape index (κ1) is 10.9. The molecule has 0 aromatic carbocycles. The molecule has 1 atom stereocenters.